The fraction of sp³-hybridized carbons (Fsp3) is 0.355. The summed E-state index contributed by atoms with van der Waals surface area (Å²) < 4.78 is 34.3. The zero-order valence-corrected chi connectivity index (χ0v) is 24.7. The van der Waals surface area contributed by atoms with E-state index in [-0.39, 0.29) is 17.3 Å². The molecule has 1 N–H and O–H groups in total. The van der Waals surface area contributed by atoms with Crippen LogP contribution in [0.1, 0.15) is 43.4 Å². The summed E-state index contributed by atoms with van der Waals surface area (Å²) in [5.74, 6) is -0.178. The van der Waals surface area contributed by atoms with Crippen molar-refractivity contribution in [2.45, 2.75) is 58.0 Å². The summed E-state index contributed by atoms with van der Waals surface area (Å²) in [5.41, 5.74) is 2.85. The molecule has 40 heavy (non-hydrogen) atoms. The van der Waals surface area contributed by atoms with Gasteiger partial charge in [0.05, 0.1) is 17.7 Å². The van der Waals surface area contributed by atoms with Gasteiger partial charge in [-0.1, -0.05) is 61.4 Å². The Morgan fingerprint density at radius 2 is 1.70 bits per heavy atom. The number of nitrogens with one attached hydrogen (secondary N) is 1. The molecule has 9 heteroatoms. The van der Waals surface area contributed by atoms with Crippen LogP contribution in [0.3, 0.4) is 0 Å². The molecule has 2 amide bonds. The molecule has 8 nitrogen and oxygen atoms in total. The highest BCUT2D eigenvalue weighted by atomic mass is 32.2. The van der Waals surface area contributed by atoms with Gasteiger partial charge in [0.1, 0.15) is 18.3 Å². The molecular weight excluding hydrogens is 526 g/mol. The number of ether oxygens (including phenoxy) is 1. The van der Waals surface area contributed by atoms with Gasteiger partial charge in [0, 0.05) is 13.1 Å². The Morgan fingerprint density at radius 1 is 0.975 bits per heavy atom. The number of hydrogen-bond acceptors (Lipinski definition) is 5. The van der Waals surface area contributed by atoms with Crippen molar-refractivity contribution in [1.82, 2.24) is 10.2 Å². The zero-order chi connectivity index (χ0) is 29.3. The van der Waals surface area contributed by atoms with Gasteiger partial charge in [0.25, 0.3) is 10.0 Å². The second-order valence-electron chi connectivity index (χ2n) is 9.81. The summed E-state index contributed by atoms with van der Waals surface area (Å²) in [4.78, 5) is 28.6. The molecule has 0 aromatic heterocycles. The maximum absolute atomic E-state index is 14.0. The fourth-order valence-electron chi connectivity index (χ4n) is 4.40. The van der Waals surface area contributed by atoms with Crippen LogP contribution in [-0.2, 0) is 26.2 Å². The number of carbonyl (C=O) groups excluding carboxylic acids is 2. The predicted molar refractivity (Wildman–Crippen MR) is 158 cm³/mol. The third-order valence-corrected chi connectivity index (χ3v) is 8.49. The predicted octanol–water partition coefficient (Wildman–Crippen LogP) is 4.84. The van der Waals surface area contributed by atoms with Crippen LogP contribution in [0.2, 0.25) is 0 Å². The van der Waals surface area contributed by atoms with Crippen LogP contribution in [0.4, 0.5) is 5.69 Å². The molecule has 3 aromatic carbocycles. The third-order valence-electron chi connectivity index (χ3n) is 6.71. The molecule has 0 fully saturated rings. The van der Waals surface area contributed by atoms with E-state index in [4.69, 9.17) is 4.74 Å². The average molecular weight is 566 g/mol. The molecule has 3 rings (SSSR count). The second kappa shape index (κ2) is 14.0. The molecule has 0 spiro atoms. The Balaban J connectivity index is 2.03. The topological polar surface area (TPSA) is 96.0 Å². The summed E-state index contributed by atoms with van der Waals surface area (Å²) >= 11 is 0. The summed E-state index contributed by atoms with van der Waals surface area (Å²) in [7, 11) is -2.54. The van der Waals surface area contributed by atoms with Crippen LogP contribution < -0.4 is 14.4 Å². The number of methoxy groups -OCH3 is 1. The summed E-state index contributed by atoms with van der Waals surface area (Å²) in [6.45, 7) is 7.56. The van der Waals surface area contributed by atoms with Gasteiger partial charge >= 0.3 is 0 Å². The molecule has 0 aliphatic carbocycles. The molecule has 0 saturated carbocycles. The van der Waals surface area contributed by atoms with Crippen molar-refractivity contribution in [3.63, 3.8) is 0 Å². The van der Waals surface area contributed by atoms with Crippen molar-refractivity contribution in [1.29, 1.82) is 0 Å². The third kappa shape index (κ3) is 7.63. The van der Waals surface area contributed by atoms with Gasteiger partial charge in [-0.05, 0) is 68.7 Å². The number of hydrogen-bond donors (Lipinski definition) is 1. The van der Waals surface area contributed by atoms with E-state index in [9.17, 15) is 18.0 Å². The number of amides is 2. The Kier molecular flexibility index (Phi) is 10.7. The van der Waals surface area contributed by atoms with E-state index < -0.39 is 28.5 Å². The van der Waals surface area contributed by atoms with Crippen LogP contribution in [0.25, 0.3) is 0 Å². The summed E-state index contributed by atoms with van der Waals surface area (Å²) in [6, 6.07) is 19.9. The van der Waals surface area contributed by atoms with Gasteiger partial charge in [0.15, 0.2) is 0 Å². The number of sulfonamides is 1. The van der Waals surface area contributed by atoms with E-state index in [0.29, 0.717) is 18.0 Å². The quantitative estimate of drug-likeness (QED) is 0.299. The van der Waals surface area contributed by atoms with Crippen LogP contribution >= 0.6 is 0 Å². The Morgan fingerprint density at radius 3 is 2.35 bits per heavy atom. The molecule has 1 unspecified atom stereocenters. The van der Waals surface area contributed by atoms with E-state index in [0.717, 1.165) is 33.8 Å². The van der Waals surface area contributed by atoms with Crippen LogP contribution in [0.5, 0.6) is 5.75 Å². The minimum Gasteiger partial charge on any atom is -0.497 e. The molecule has 0 saturated heterocycles. The van der Waals surface area contributed by atoms with Gasteiger partial charge in [-0.2, -0.15) is 0 Å². The zero-order valence-electron chi connectivity index (χ0n) is 23.9. The van der Waals surface area contributed by atoms with Crippen molar-refractivity contribution in [3.05, 3.63) is 89.5 Å². The molecule has 0 heterocycles. The van der Waals surface area contributed by atoms with Gasteiger partial charge < -0.3 is 15.0 Å². The number of anilines is 1. The largest absolute Gasteiger partial charge is 0.497 e. The normalized spacial score (nSPS) is 11.9. The van der Waals surface area contributed by atoms with Gasteiger partial charge in [-0.25, -0.2) is 8.42 Å². The second-order valence-corrected chi connectivity index (χ2v) is 11.7. The Bertz CT molecular complexity index is 1410. The summed E-state index contributed by atoms with van der Waals surface area (Å²) in [6.07, 6.45) is 1.74. The van der Waals surface area contributed by atoms with Crippen molar-refractivity contribution in [3.8, 4) is 5.75 Å². The van der Waals surface area contributed by atoms with Crippen LogP contribution in [-0.4, -0.2) is 51.4 Å². The number of nitrogens with zero attached hydrogens (tertiary/aromatic N) is 2. The van der Waals surface area contributed by atoms with E-state index in [1.807, 2.05) is 45.0 Å². The molecule has 0 bridgehead atoms. The SMILES string of the molecule is CCCCNC(=O)C(C)N(Cc1cccc(OC)c1)C(=O)CN(c1ccc(C)cc1C)S(=O)(=O)c1ccccc1. The first-order chi connectivity index (χ1) is 19.1. The lowest BCUT2D eigenvalue weighted by atomic mass is 10.1. The minimum atomic E-state index is -4.10. The first-order valence-electron chi connectivity index (χ1n) is 13.4. The van der Waals surface area contributed by atoms with E-state index in [2.05, 4.69) is 5.32 Å². The van der Waals surface area contributed by atoms with E-state index >= 15 is 0 Å². The number of rotatable bonds is 13. The van der Waals surface area contributed by atoms with E-state index in [1.54, 1.807) is 50.4 Å². The summed E-state index contributed by atoms with van der Waals surface area (Å²) in [5, 5.41) is 2.89. The maximum atomic E-state index is 14.0. The maximum Gasteiger partial charge on any atom is 0.264 e. The molecule has 1 atom stereocenters. The number of benzene rings is 3. The Hall–Kier alpha value is -3.85. The van der Waals surface area contributed by atoms with Crippen molar-refractivity contribution < 1.29 is 22.7 Å². The molecule has 0 radical (unpaired) electrons. The standard InChI is InChI=1S/C31H39N3O5S/c1-6-7-18-32-31(36)25(4)33(21-26-12-11-13-27(20-26)39-5)30(35)22-34(29-17-16-23(2)19-24(29)3)40(37,38)28-14-9-8-10-15-28/h8-17,19-20,25H,6-7,18,21-22H2,1-5H3,(H,32,36). The highest BCUT2D eigenvalue weighted by Gasteiger charge is 2.33. The fourth-order valence-corrected chi connectivity index (χ4v) is 5.90. The lowest BCUT2D eigenvalue weighted by Gasteiger charge is -2.32. The van der Waals surface area contributed by atoms with Gasteiger partial charge in [-0.15, -0.1) is 0 Å². The Labute approximate surface area is 238 Å². The van der Waals surface area contributed by atoms with Crippen LogP contribution in [0.15, 0.2) is 77.7 Å². The van der Waals surface area contributed by atoms with Crippen molar-refractivity contribution in [2.75, 3.05) is 24.5 Å². The molecular formula is C31H39N3O5S. The molecule has 0 aliphatic heterocycles. The number of aryl methyl sites for hydroxylation is 2. The lowest BCUT2D eigenvalue weighted by Crippen LogP contribution is -2.51. The monoisotopic (exact) mass is 565 g/mol. The average Bonchev–Trinajstić information content (AvgIpc) is 2.95. The number of carbonyl (C=O) groups is 2. The smallest absolute Gasteiger partial charge is 0.264 e. The molecule has 3 aromatic rings. The van der Waals surface area contributed by atoms with Gasteiger partial charge in [0.2, 0.25) is 11.8 Å². The van der Waals surface area contributed by atoms with E-state index in [1.165, 1.54) is 17.0 Å². The number of unbranched alkanes of at least 4 members (excludes halogenated alkanes) is 1. The highest BCUT2D eigenvalue weighted by Crippen LogP contribution is 2.28. The minimum absolute atomic E-state index is 0.0764. The van der Waals surface area contributed by atoms with Crippen molar-refractivity contribution in [2.24, 2.45) is 0 Å². The van der Waals surface area contributed by atoms with Gasteiger partial charge in [-0.3, -0.25) is 13.9 Å². The first-order valence-corrected chi connectivity index (χ1v) is 14.9. The molecule has 0 aliphatic rings. The van der Waals surface area contributed by atoms with Crippen molar-refractivity contribution >= 4 is 27.5 Å². The highest BCUT2D eigenvalue weighted by molar-refractivity contribution is 7.92. The molecule has 214 valence electrons. The first kappa shape index (κ1) is 30.7. The lowest BCUT2D eigenvalue weighted by molar-refractivity contribution is -0.139. The van der Waals surface area contributed by atoms with Crippen LogP contribution in [0, 0.1) is 13.8 Å².